The number of imidazole rings is 2. The third kappa shape index (κ3) is 3.55. The van der Waals surface area contributed by atoms with Crippen LogP contribution in [0.2, 0.25) is 0 Å². The number of aromatic nitrogens is 4. The Morgan fingerprint density at radius 1 is 0.543 bits per heavy atom. The molecule has 0 bridgehead atoms. The van der Waals surface area contributed by atoms with E-state index in [0.29, 0.717) is 21.7 Å². The largest absolute Gasteiger partial charge is 0.274 e. The van der Waals surface area contributed by atoms with Gasteiger partial charge in [-0.3, -0.25) is 18.4 Å². The summed E-state index contributed by atoms with van der Waals surface area (Å²) in [4.78, 5) is 37.7. The number of pyridine rings is 2. The highest BCUT2D eigenvalue weighted by Crippen LogP contribution is 2.42. The number of nitrogens with zero attached hydrogens (tertiary/aromatic N) is 4. The second-order valence-corrected chi connectivity index (χ2v) is 16.1. The van der Waals surface area contributed by atoms with E-state index in [2.05, 4.69) is 56.1 Å². The number of para-hydroxylation sites is 1. The molecule has 0 amide bonds. The first-order chi connectivity index (χ1) is 22.5. The molecule has 4 aromatic carbocycles. The molecule has 0 saturated heterocycles. The van der Waals surface area contributed by atoms with Gasteiger partial charge in [-0.15, -0.1) is 22.7 Å². The molecule has 0 N–H and O–H groups in total. The molecule has 218 valence electrons. The van der Waals surface area contributed by atoms with E-state index in [9.17, 15) is 9.59 Å². The number of hydrogen-bond donors (Lipinski definition) is 0. The first kappa shape index (κ1) is 26.7. The highest BCUT2D eigenvalue weighted by atomic mass is 79.9. The Bertz CT molecular complexity index is 2980. The van der Waals surface area contributed by atoms with Crippen molar-refractivity contribution in [3.63, 3.8) is 0 Å². The van der Waals surface area contributed by atoms with Gasteiger partial charge in [0.05, 0.1) is 39.7 Å². The summed E-state index contributed by atoms with van der Waals surface area (Å²) >= 11 is 10.2. The first-order valence-electron chi connectivity index (χ1n) is 14.4. The molecule has 10 heteroatoms. The van der Waals surface area contributed by atoms with Crippen LogP contribution in [-0.4, -0.2) is 18.8 Å². The summed E-state index contributed by atoms with van der Waals surface area (Å²) < 4.78 is 6.97. The summed E-state index contributed by atoms with van der Waals surface area (Å²) in [5, 5.41) is 3.60. The zero-order valence-electron chi connectivity index (χ0n) is 23.4. The normalized spacial score (nSPS) is 12.3. The van der Waals surface area contributed by atoms with Crippen LogP contribution >= 0.6 is 54.5 Å². The van der Waals surface area contributed by atoms with Crippen molar-refractivity contribution in [1.29, 1.82) is 0 Å². The van der Waals surface area contributed by atoms with Crippen LogP contribution in [0.4, 0.5) is 0 Å². The minimum absolute atomic E-state index is 0.0659. The lowest BCUT2D eigenvalue weighted by molar-refractivity contribution is 1.13. The predicted octanol–water partition coefficient (Wildman–Crippen LogP) is 9.84. The van der Waals surface area contributed by atoms with Gasteiger partial charge in [0.1, 0.15) is 16.3 Å². The van der Waals surface area contributed by atoms with Crippen molar-refractivity contribution < 1.29 is 0 Å². The molecule has 46 heavy (non-hydrogen) atoms. The van der Waals surface area contributed by atoms with Crippen molar-refractivity contribution in [3.8, 4) is 33.9 Å². The van der Waals surface area contributed by atoms with E-state index in [1.165, 1.54) is 11.3 Å². The highest BCUT2D eigenvalue weighted by molar-refractivity contribution is 9.11. The Labute approximate surface area is 283 Å². The maximum Gasteiger partial charge on any atom is 0.274 e. The maximum absolute atomic E-state index is 14.0. The molecule has 0 aliphatic heterocycles. The first-order valence-corrected chi connectivity index (χ1v) is 17.6. The van der Waals surface area contributed by atoms with Gasteiger partial charge in [0.25, 0.3) is 11.1 Å². The molecule has 0 fully saturated rings. The Morgan fingerprint density at radius 3 is 1.93 bits per heavy atom. The van der Waals surface area contributed by atoms with Crippen LogP contribution in [0.3, 0.4) is 0 Å². The van der Waals surface area contributed by atoms with Crippen molar-refractivity contribution in [2.45, 2.75) is 0 Å². The molecular formula is C36H16Br2N4O2S2. The quantitative estimate of drug-likeness (QED) is 0.180. The van der Waals surface area contributed by atoms with Crippen molar-refractivity contribution in [2.24, 2.45) is 0 Å². The molecule has 0 saturated carbocycles. The van der Waals surface area contributed by atoms with Crippen molar-refractivity contribution >= 4 is 108 Å². The van der Waals surface area contributed by atoms with E-state index in [0.717, 1.165) is 72.8 Å². The SMILES string of the molecule is O=c1c2sc(Br)cc2c2cccc3nc(-c4ccc(-c5ccc6nc(-c7ccccc7)n7c(=O)c8cc(Br)sc8c5c67)cc4)n1c32. The van der Waals surface area contributed by atoms with E-state index in [1.807, 2.05) is 72.8 Å². The van der Waals surface area contributed by atoms with Gasteiger partial charge >= 0.3 is 0 Å². The van der Waals surface area contributed by atoms with Gasteiger partial charge in [0.15, 0.2) is 0 Å². The van der Waals surface area contributed by atoms with Gasteiger partial charge in [-0.2, -0.15) is 0 Å². The maximum atomic E-state index is 14.0. The fourth-order valence-corrected chi connectivity index (χ4v) is 9.99. The predicted molar refractivity (Wildman–Crippen MR) is 196 cm³/mol. The Hall–Kier alpha value is -4.48. The molecular weight excluding hydrogens is 744 g/mol. The molecule has 0 spiro atoms. The van der Waals surface area contributed by atoms with Crippen molar-refractivity contribution in [2.75, 3.05) is 0 Å². The standard InChI is InChI=1S/C36H16Br2N4O2S2/c37-26-15-22-21-7-4-8-24-29(21)41(36(44)32(22)46-26)34(39-24)19-11-9-17(10-12-19)20-13-14-25-30-28(20)31-23(16-27(38)45-31)35(43)42(30)33(40-25)18-5-2-1-3-6-18/h1-16H. The summed E-state index contributed by atoms with van der Waals surface area (Å²) in [7, 11) is 0. The van der Waals surface area contributed by atoms with Crippen LogP contribution in [0.1, 0.15) is 0 Å². The molecule has 0 radical (unpaired) electrons. The minimum atomic E-state index is -0.0800. The molecule has 0 unspecified atom stereocenters. The van der Waals surface area contributed by atoms with Gasteiger partial charge in [0.2, 0.25) is 0 Å². The molecule has 6 nitrogen and oxygen atoms in total. The van der Waals surface area contributed by atoms with E-state index in [-0.39, 0.29) is 11.1 Å². The number of rotatable bonds is 3. The third-order valence-electron chi connectivity index (χ3n) is 8.73. The fourth-order valence-electron chi connectivity index (χ4n) is 6.80. The van der Waals surface area contributed by atoms with Crippen LogP contribution in [0.25, 0.3) is 86.9 Å². The molecule has 6 heterocycles. The molecule has 0 aliphatic carbocycles. The van der Waals surface area contributed by atoms with Crippen LogP contribution < -0.4 is 11.1 Å². The smallest absolute Gasteiger partial charge is 0.268 e. The van der Waals surface area contributed by atoms with E-state index in [1.54, 1.807) is 20.1 Å². The lowest BCUT2D eigenvalue weighted by atomic mass is 9.98. The average molecular weight is 760 g/mol. The number of thiophene rings is 2. The van der Waals surface area contributed by atoms with Crippen LogP contribution in [0.15, 0.2) is 114 Å². The van der Waals surface area contributed by atoms with Crippen molar-refractivity contribution in [3.05, 3.63) is 125 Å². The van der Waals surface area contributed by atoms with Crippen LogP contribution in [-0.2, 0) is 0 Å². The lowest BCUT2D eigenvalue weighted by Crippen LogP contribution is -2.13. The summed E-state index contributed by atoms with van der Waals surface area (Å²) in [6.45, 7) is 0. The summed E-state index contributed by atoms with van der Waals surface area (Å²) in [5.41, 5.74) is 6.79. The number of hydrogen-bond acceptors (Lipinski definition) is 6. The second kappa shape index (κ2) is 9.52. The Morgan fingerprint density at radius 2 is 1.17 bits per heavy atom. The van der Waals surface area contributed by atoms with E-state index < -0.39 is 0 Å². The highest BCUT2D eigenvalue weighted by Gasteiger charge is 2.24. The average Bonchev–Trinajstić information content (AvgIpc) is 3.86. The zero-order valence-corrected chi connectivity index (χ0v) is 28.2. The van der Waals surface area contributed by atoms with Crippen molar-refractivity contribution in [1.82, 2.24) is 18.8 Å². The van der Waals surface area contributed by atoms with E-state index in [4.69, 9.17) is 9.97 Å². The zero-order chi connectivity index (χ0) is 30.8. The van der Waals surface area contributed by atoms with E-state index >= 15 is 0 Å². The second-order valence-electron chi connectivity index (χ2n) is 11.2. The monoisotopic (exact) mass is 758 g/mol. The number of benzene rings is 4. The molecule has 10 rings (SSSR count). The third-order valence-corrected chi connectivity index (χ3v) is 12.0. The van der Waals surface area contributed by atoms with Gasteiger partial charge in [-0.05, 0) is 67.3 Å². The molecule has 10 aromatic rings. The Kier molecular flexibility index (Phi) is 5.53. The Balaban J connectivity index is 1.21. The topological polar surface area (TPSA) is 68.7 Å². The lowest BCUT2D eigenvalue weighted by Gasteiger charge is -2.10. The number of halogens is 2. The van der Waals surface area contributed by atoms with Gasteiger partial charge in [-0.25, -0.2) is 9.97 Å². The molecule has 0 atom stereocenters. The minimum Gasteiger partial charge on any atom is -0.268 e. The van der Waals surface area contributed by atoms with Gasteiger partial charge in [0, 0.05) is 27.3 Å². The summed E-state index contributed by atoms with van der Waals surface area (Å²) in [6, 6.07) is 32.0. The van der Waals surface area contributed by atoms with Crippen LogP contribution in [0.5, 0.6) is 0 Å². The summed E-state index contributed by atoms with van der Waals surface area (Å²) in [6.07, 6.45) is 0. The fraction of sp³-hybridized carbons (Fsp3) is 0. The van der Waals surface area contributed by atoms with Crippen LogP contribution in [0, 0.1) is 0 Å². The molecule has 6 aromatic heterocycles. The van der Waals surface area contributed by atoms with Gasteiger partial charge < -0.3 is 0 Å². The summed E-state index contributed by atoms with van der Waals surface area (Å²) in [5.74, 6) is 1.25. The van der Waals surface area contributed by atoms with Gasteiger partial charge in [-0.1, -0.05) is 72.8 Å². The molecule has 0 aliphatic rings. The number of fused-ring (bicyclic) bond motifs is 4.